The normalized spacial score (nSPS) is 13.2. The third kappa shape index (κ3) is 6.64. The van der Waals surface area contributed by atoms with Gasteiger partial charge in [0.05, 0.1) is 7.11 Å². The average Bonchev–Trinajstić information content (AvgIpc) is 3.52. The van der Waals surface area contributed by atoms with Gasteiger partial charge in [0.1, 0.15) is 5.82 Å². The monoisotopic (exact) mass is 398 g/mol. The molecule has 2 amide bonds. The summed E-state index contributed by atoms with van der Waals surface area (Å²) in [6, 6.07) is 11.2. The fourth-order valence-corrected chi connectivity index (χ4v) is 2.60. The molecular weight excluding hydrogens is 375 g/mol. The van der Waals surface area contributed by atoms with Gasteiger partial charge in [0.15, 0.2) is 18.1 Å². The van der Waals surface area contributed by atoms with Crippen molar-refractivity contribution in [2.24, 2.45) is 0 Å². The Labute approximate surface area is 168 Å². The number of carbonyl (C=O) groups excluding carboxylic acids is 2. The molecule has 1 saturated carbocycles. The van der Waals surface area contributed by atoms with E-state index in [2.05, 4.69) is 10.6 Å². The van der Waals surface area contributed by atoms with Crippen molar-refractivity contribution in [1.82, 2.24) is 5.32 Å². The van der Waals surface area contributed by atoms with Crippen LogP contribution in [0, 0.1) is 5.82 Å². The van der Waals surface area contributed by atoms with Gasteiger partial charge in [-0.2, -0.15) is 0 Å². The van der Waals surface area contributed by atoms with Crippen LogP contribution in [0.3, 0.4) is 0 Å². The zero-order chi connectivity index (χ0) is 20.6. The zero-order valence-corrected chi connectivity index (χ0v) is 16.1. The Morgan fingerprint density at radius 1 is 1.10 bits per heavy atom. The van der Waals surface area contributed by atoms with E-state index in [1.54, 1.807) is 42.5 Å². The summed E-state index contributed by atoms with van der Waals surface area (Å²) >= 11 is 0. The highest BCUT2D eigenvalue weighted by molar-refractivity contribution is 5.92. The third-order valence-electron chi connectivity index (χ3n) is 4.23. The summed E-state index contributed by atoms with van der Waals surface area (Å²) in [4.78, 5) is 24.0. The second-order valence-electron chi connectivity index (χ2n) is 6.70. The van der Waals surface area contributed by atoms with E-state index >= 15 is 0 Å². The minimum absolute atomic E-state index is 0.120. The second-order valence-corrected chi connectivity index (χ2v) is 6.70. The zero-order valence-electron chi connectivity index (χ0n) is 16.1. The lowest BCUT2D eigenvalue weighted by atomic mass is 10.2. The smallest absolute Gasteiger partial charge is 0.258 e. The number of anilines is 1. The van der Waals surface area contributed by atoms with E-state index in [4.69, 9.17) is 9.47 Å². The van der Waals surface area contributed by atoms with Gasteiger partial charge in [-0.1, -0.05) is 24.3 Å². The van der Waals surface area contributed by atoms with Gasteiger partial charge in [-0.05, 0) is 42.7 Å². The van der Waals surface area contributed by atoms with Crippen molar-refractivity contribution in [3.8, 4) is 11.5 Å². The van der Waals surface area contributed by atoms with Crippen molar-refractivity contribution in [3.63, 3.8) is 0 Å². The number of rotatable bonds is 9. The highest BCUT2D eigenvalue weighted by atomic mass is 19.1. The van der Waals surface area contributed by atoms with E-state index in [1.165, 1.54) is 19.2 Å². The number of ether oxygens (including phenoxy) is 2. The molecule has 7 heteroatoms. The van der Waals surface area contributed by atoms with Crippen LogP contribution in [0.5, 0.6) is 11.5 Å². The molecule has 1 fully saturated rings. The third-order valence-corrected chi connectivity index (χ3v) is 4.23. The predicted octanol–water partition coefficient (Wildman–Crippen LogP) is 3.53. The predicted molar refractivity (Wildman–Crippen MR) is 108 cm³/mol. The molecule has 2 aromatic carbocycles. The summed E-state index contributed by atoms with van der Waals surface area (Å²) < 4.78 is 23.7. The standard InChI is InChI=1S/C22H23FN2O4/c1-28-19-12-11-18(13-20(19)29-14-22(27)24-17-9-10-17)25-21(26)4-2-3-15-5-7-16(23)8-6-15/h2-3,5-8,11-13,17H,4,9-10,14H2,1H3,(H,24,27)(H,25,26)/b3-2+. The summed E-state index contributed by atoms with van der Waals surface area (Å²) in [5.41, 5.74) is 1.34. The van der Waals surface area contributed by atoms with Gasteiger partial charge in [-0.25, -0.2) is 4.39 Å². The fraction of sp³-hybridized carbons (Fsp3) is 0.273. The molecule has 0 aromatic heterocycles. The van der Waals surface area contributed by atoms with Crippen molar-refractivity contribution in [1.29, 1.82) is 0 Å². The van der Waals surface area contributed by atoms with Crippen molar-refractivity contribution in [3.05, 3.63) is 59.9 Å². The first-order valence-corrected chi connectivity index (χ1v) is 9.35. The number of methoxy groups -OCH3 is 1. The largest absolute Gasteiger partial charge is 0.493 e. The van der Waals surface area contributed by atoms with E-state index in [1.807, 2.05) is 0 Å². The van der Waals surface area contributed by atoms with Crippen molar-refractivity contribution in [2.75, 3.05) is 19.0 Å². The van der Waals surface area contributed by atoms with Crippen LogP contribution < -0.4 is 20.1 Å². The number of benzene rings is 2. The van der Waals surface area contributed by atoms with E-state index in [0.29, 0.717) is 17.2 Å². The molecule has 2 N–H and O–H groups in total. The molecule has 0 atom stereocenters. The van der Waals surface area contributed by atoms with Crippen molar-refractivity contribution in [2.45, 2.75) is 25.3 Å². The molecule has 0 aliphatic heterocycles. The molecule has 0 unspecified atom stereocenters. The van der Waals surface area contributed by atoms with E-state index in [-0.39, 0.29) is 36.7 Å². The Bertz CT molecular complexity index is 892. The van der Waals surface area contributed by atoms with Crippen LogP contribution in [0.2, 0.25) is 0 Å². The van der Waals surface area contributed by atoms with Gasteiger partial charge in [0, 0.05) is 24.2 Å². The number of nitrogens with one attached hydrogen (secondary N) is 2. The molecule has 0 heterocycles. The number of amides is 2. The molecule has 29 heavy (non-hydrogen) atoms. The molecule has 152 valence electrons. The van der Waals surface area contributed by atoms with Crippen LogP contribution in [0.15, 0.2) is 48.5 Å². The van der Waals surface area contributed by atoms with Crippen molar-refractivity contribution >= 4 is 23.6 Å². The van der Waals surface area contributed by atoms with Gasteiger partial charge >= 0.3 is 0 Å². The van der Waals surface area contributed by atoms with Gasteiger partial charge < -0.3 is 20.1 Å². The highest BCUT2D eigenvalue weighted by Crippen LogP contribution is 2.30. The summed E-state index contributed by atoms with van der Waals surface area (Å²) in [5, 5.41) is 5.62. The van der Waals surface area contributed by atoms with Crippen LogP contribution in [-0.2, 0) is 9.59 Å². The van der Waals surface area contributed by atoms with Gasteiger partial charge in [0.2, 0.25) is 5.91 Å². The molecular formula is C22H23FN2O4. The van der Waals surface area contributed by atoms with E-state index in [0.717, 1.165) is 18.4 Å². The minimum atomic E-state index is -0.303. The number of halogens is 1. The Balaban J connectivity index is 1.54. The Morgan fingerprint density at radius 3 is 2.55 bits per heavy atom. The van der Waals surface area contributed by atoms with Crippen LogP contribution in [0.25, 0.3) is 6.08 Å². The maximum atomic E-state index is 12.9. The number of hydrogen-bond acceptors (Lipinski definition) is 4. The van der Waals surface area contributed by atoms with Gasteiger partial charge in [0.25, 0.3) is 5.91 Å². The molecule has 6 nitrogen and oxygen atoms in total. The van der Waals surface area contributed by atoms with Crippen LogP contribution in [0.1, 0.15) is 24.8 Å². The SMILES string of the molecule is COc1ccc(NC(=O)C/C=C/c2ccc(F)cc2)cc1OCC(=O)NC1CC1. The number of carbonyl (C=O) groups is 2. The highest BCUT2D eigenvalue weighted by Gasteiger charge is 2.23. The first-order chi connectivity index (χ1) is 14.0. The molecule has 3 rings (SSSR count). The second kappa shape index (κ2) is 9.73. The van der Waals surface area contributed by atoms with Gasteiger partial charge in [-0.3, -0.25) is 9.59 Å². The molecule has 0 saturated heterocycles. The van der Waals surface area contributed by atoms with Crippen molar-refractivity contribution < 1.29 is 23.5 Å². The molecule has 2 aromatic rings. The lowest BCUT2D eigenvalue weighted by Gasteiger charge is -2.13. The minimum Gasteiger partial charge on any atom is -0.493 e. The topological polar surface area (TPSA) is 76.7 Å². The Morgan fingerprint density at radius 2 is 1.86 bits per heavy atom. The lowest BCUT2D eigenvalue weighted by Crippen LogP contribution is -2.30. The molecule has 0 spiro atoms. The summed E-state index contributed by atoms with van der Waals surface area (Å²) in [7, 11) is 1.50. The Hall–Kier alpha value is -3.35. The molecule has 1 aliphatic rings. The van der Waals surface area contributed by atoms with E-state index in [9.17, 15) is 14.0 Å². The summed E-state index contributed by atoms with van der Waals surface area (Å²) in [5.74, 6) is 0.139. The first kappa shape index (κ1) is 20.4. The fourth-order valence-electron chi connectivity index (χ4n) is 2.60. The quantitative estimate of drug-likeness (QED) is 0.678. The van der Waals surface area contributed by atoms with Crippen LogP contribution >= 0.6 is 0 Å². The first-order valence-electron chi connectivity index (χ1n) is 9.35. The van der Waals surface area contributed by atoms with Crippen LogP contribution in [0.4, 0.5) is 10.1 Å². The number of hydrogen-bond donors (Lipinski definition) is 2. The van der Waals surface area contributed by atoms with Crippen LogP contribution in [-0.4, -0.2) is 31.6 Å². The van der Waals surface area contributed by atoms with E-state index < -0.39 is 0 Å². The maximum Gasteiger partial charge on any atom is 0.258 e. The maximum absolute atomic E-state index is 12.9. The molecule has 0 radical (unpaired) electrons. The summed E-state index contributed by atoms with van der Waals surface area (Å²) in [6.45, 7) is -0.120. The Kier molecular flexibility index (Phi) is 6.84. The molecule has 1 aliphatic carbocycles. The average molecular weight is 398 g/mol. The molecule has 0 bridgehead atoms. The summed E-state index contributed by atoms with van der Waals surface area (Å²) in [6.07, 6.45) is 5.62. The van der Waals surface area contributed by atoms with Gasteiger partial charge in [-0.15, -0.1) is 0 Å². The lowest BCUT2D eigenvalue weighted by molar-refractivity contribution is -0.123.